The lowest BCUT2D eigenvalue weighted by Gasteiger charge is -2.21. The molecule has 2 nitrogen and oxygen atoms in total. The predicted octanol–water partition coefficient (Wildman–Crippen LogP) is 2.23. The highest BCUT2D eigenvalue weighted by Crippen LogP contribution is 2.03. The van der Waals surface area contributed by atoms with Crippen molar-refractivity contribution < 1.29 is 5.11 Å². The first-order chi connectivity index (χ1) is 5.72. The van der Waals surface area contributed by atoms with Crippen molar-refractivity contribution in [3.63, 3.8) is 0 Å². The van der Waals surface area contributed by atoms with E-state index in [0.717, 1.165) is 13.0 Å². The topological polar surface area (TPSA) is 23.5 Å². The molecular weight excluding hydrogens is 150 g/mol. The fraction of sp³-hybridized carbons (Fsp3) is 1.00. The van der Waals surface area contributed by atoms with Crippen LogP contribution in [-0.2, 0) is 0 Å². The lowest BCUT2D eigenvalue weighted by molar-refractivity contribution is 0.0187. The minimum absolute atomic E-state index is 0.244. The van der Waals surface area contributed by atoms with Gasteiger partial charge < -0.3 is 5.11 Å². The van der Waals surface area contributed by atoms with Gasteiger partial charge in [-0.1, -0.05) is 33.1 Å². The van der Waals surface area contributed by atoms with Crippen LogP contribution in [0.1, 0.15) is 46.0 Å². The number of unbranched alkanes of at least 4 members (excludes halogenated alkanes) is 3. The second-order valence-corrected chi connectivity index (χ2v) is 3.43. The average Bonchev–Trinajstić information content (AvgIpc) is 2.10. The molecule has 0 rings (SSSR count). The molecule has 12 heavy (non-hydrogen) atoms. The number of nitrogens with zero attached hydrogens (tertiary/aromatic N) is 1. The molecule has 1 atom stereocenters. The van der Waals surface area contributed by atoms with Gasteiger partial charge in [0.25, 0.3) is 0 Å². The van der Waals surface area contributed by atoms with Crippen molar-refractivity contribution >= 4 is 0 Å². The van der Waals surface area contributed by atoms with Gasteiger partial charge in [-0.15, -0.1) is 0 Å². The molecule has 0 aliphatic rings. The summed E-state index contributed by atoms with van der Waals surface area (Å²) in [6.07, 6.45) is 5.67. The minimum Gasteiger partial charge on any atom is -0.378 e. The van der Waals surface area contributed by atoms with Crippen LogP contribution in [0.4, 0.5) is 0 Å². The summed E-state index contributed by atoms with van der Waals surface area (Å²) in [5.74, 6) is 0. The second kappa shape index (κ2) is 7.56. The molecule has 0 aliphatic heterocycles. The molecule has 1 N–H and O–H groups in total. The van der Waals surface area contributed by atoms with Crippen LogP contribution in [0.3, 0.4) is 0 Å². The summed E-state index contributed by atoms with van der Waals surface area (Å²) >= 11 is 0. The van der Waals surface area contributed by atoms with Crippen LogP contribution < -0.4 is 0 Å². The monoisotopic (exact) mass is 173 g/mol. The number of aliphatic hydroxyl groups excluding tert-OH is 1. The van der Waals surface area contributed by atoms with Gasteiger partial charge >= 0.3 is 0 Å². The van der Waals surface area contributed by atoms with Crippen molar-refractivity contribution in [3.8, 4) is 0 Å². The molecule has 0 aromatic rings. The van der Waals surface area contributed by atoms with Crippen LogP contribution in [0.5, 0.6) is 0 Å². The highest BCUT2D eigenvalue weighted by molar-refractivity contribution is 4.54. The molecule has 0 saturated carbocycles. The zero-order valence-electron chi connectivity index (χ0n) is 8.71. The van der Waals surface area contributed by atoms with E-state index in [-0.39, 0.29) is 6.23 Å². The van der Waals surface area contributed by atoms with Crippen LogP contribution in [0.15, 0.2) is 0 Å². The molecule has 0 amide bonds. The van der Waals surface area contributed by atoms with E-state index in [4.69, 9.17) is 0 Å². The van der Waals surface area contributed by atoms with Crippen LogP contribution >= 0.6 is 0 Å². The number of rotatable bonds is 7. The third-order valence-electron chi connectivity index (χ3n) is 2.24. The zero-order valence-corrected chi connectivity index (χ0v) is 8.71. The Hall–Kier alpha value is -0.0800. The van der Waals surface area contributed by atoms with Crippen LogP contribution in [0, 0.1) is 0 Å². The van der Waals surface area contributed by atoms with Gasteiger partial charge in [0.15, 0.2) is 0 Å². The molecule has 0 aliphatic carbocycles. The SMILES string of the molecule is CCCCCCN(C)C(O)CC. The van der Waals surface area contributed by atoms with Gasteiger partial charge in [-0.05, 0) is 19.9 Å². The molecule has 0 aromatic heterocycles. The maximum atomic E-state index is 9.41. The standard InChI is InChI=1S/C10H23NO/c1-4-6-7-8-9-11(3)10(12)5-2/h10,12H,4-9H2,1-3H3. The lowest BCUT2D eigenvalue weighted by Crippen LogP contribution is -2.31. The highest BCUT2D eigenvalue weighted by atomic mass is 16.3. The summed E-state index contributed by atoms with van der Waals surface area (Å²) < 4.78 is 0. The first kappa shape index (κ1) is 11.9. The Morgan fingerprint density at radius 3 is 2.33 bits per heavy atom. The molecule has 0 spiro atoms. The number of hydrogen-bond donors (Lipinski definition) is 1. The van der Waals surface area contributed by atoms with E-state index in [1.54, 1.807) is 0 Å². The molecule has 0 aromatic carbocycles. The highest BCUT2D eigenvalue weighted by Gasteiger charge is 2.06. The third-order valence-corrected chi connectivity index (χ3v) is 2.24. The van der Waals surface area contributed by atoms with Crippen molar-refractivity contribution in [2.24, 2.45) is 0 Å². The normalized spacial score (nSPS) is 13.8. The lowest BCUT2D eigenvalue weighted by atomic mass is 10.2. The summed E-state index contributed by atoms with van der Waals surface area (Å²) in [7, 11) is 1.99. The van der Waals surface area contributed by atoms with E-state index < -0.39 is 0 Å². The van der Waals surface area contributed by atoms with E-state index in [9.17, 15) is 5.11 Å². The fourth-order valence-corrected chi connectivity index (χ4v) is 1.25. The molecule has 0 saturated heterocycles. The number of aliphatic hydroxyl groups is 1. The molecule has 0 fully saturated rings. The smallest absolute Gasteiger partial charge is 0.106 e. The minimum atomic E-state index is -0.244. The maximum Gasteiger partial charge on any atom is 0.106 e. The third kappa shape index (κ3) is 5.56. The molecule has 1 unspecified atom stereocenters. The Balaban J connectivity index is 3.24. The fourth-order valence-electron chi connectivity index (χ4n) is 1.25. The second-order valence-electron chi connectivity index (χ2n) is 3.43. The summed E-state index contributed by atoms with van der Waals surface area (Å²) in [6.45, 7) is 5.24. The van der Waals surface area contributed by atoms with E-state index in [0.29, 0.717) is 0 Å². The van der Waals surface area contributed by atoms with Crippen molar-refractivity contribution in [2.45, 2.75) is 52.2 Å². The molecule has 74 valence electrons. The molecule has 2 heteroatoms. The maximum absolute atomic E-state index is 9.41. The van der Waals surface area contributed by atoms with E-state index in [1.165, 1.54) is 25.7 Å². The Morgan fingerprint density at radius 1 is 1.17 bits per heavy atom. The van der Waals surface area contributed by atoms with Gasteiger partial charge in [0.05, 0.1) is 0 Å². The average molecular weight is 173 g/mol. The van der Waals surface area contributed by atoms with Crippen molar-refractivity contribution in [1.82, 2.24) is 4.90 Å². The van der Waals surface area contributed by atoms with Crippen LogP contribution in [0.2, 0.25) is 0 Å². The quantitative estimate of drug-likeness (QED) is 0.471. The summed E-state index contributed by atoms with van der Waals surface area (Å²) in [6, 6.07) is 0. The van der Waals surface area contributed by atoms with Gasteiger partial charge in [-0.2, -0.15) is 0 Å². The predicted molar refractivity (Wildman–Crippen MR) is 53.1 cm³/mol. The molecule has 0 heterocycles. The van der Waals surface area contributed by atoms with Crippen LogP contribution in [0.25, 0.3) is 0 Å². The van der Waals surface area contributed by atoms with E-state index in [2.05, 4.69) is 6.92 Å². The zero-order chi connectivity index (χ0) is 9.40. The largest absolute Gasteiger partial charge is 0.378 e. The molecule has 0 bridgehead atoms. The summed E-state index contributed by atoms with van der Waals surface area (Å²) in [4.78, 5) is 2.02. The Kier molecular flexibility index (Phi) is 7.51. The van der Waals surface area contributed by atoms with Crippen molar-refractivity contribution in [3.05, 3.63) is 0 Å². The Morgan fingerprint density at radius 2 is 1.83 bits per heavy atom. The van der Waals surface area contributed by atoms with Gasteiger partial charge in [-0.25, -0.2) is 0 Å². The van der Waals surface area contributed by atoms with Crippen molar-refractivity contribution in [2.75, 3.05) is 13.6 Å². The van der Waals surface area contributed by atoms with Gasteiger partial charge in [0, 0.05) is 6.54 Å². The Bertz CT molecular complexity index is 95.8. The van der Waals surface area contributed by atoms with Crippen molar-refractivity contribution in [1.29, 1.82) is 0 Å². The van der Waals surface area contributed by atoms with Crippen LogP contribution in [-0.4, -0.2) is 29.8 Å². The molecular formula is C10H23NO. The van der Waals surface area contributed by atoms with E-state index in [1.807, 2.05) is 18.9 Å². The Labute approximate surface area is 76.6 Å². The number of hydrogen-bond acceptors (Lipinski definition) is 2. The van der Waals surface area contributed by atoms with Gasteiger partial charge in [-0.3, -0.25) is 4.90 Å². The summed E-state index contributed by atoms with van der Waals surface area (Å²) in [5, 5.41) is 9.41. The van der Waals surface area contributed by atoms with Gasteiger partial charge in [0.2, 0.25) is 0 Å². The summed E-state index contributed by atoms with van der Waals surface area (Å²) in [5.41, 5.74) is 0. The van der Waals surface area contributed by atoms with E-state index >= 15 is 0 Å². The first-order valence-corrected chi connectivity index (χ1v) is 5.10. The van der Waals surface area contributed by atoms with Gasteiger partial charge in [0.1, 0.15) is 6.23 Å². The molecule has 0 radical (unpaired) electrons. The first-order valence-electron chi connectivity index (χ1n) is 5.10.